The van der Waals surface area contributed by atoms with Gasteiger partial charge in [-0.15, -0.1) is 0 Å². The number of hydrogen-bond acceptors (Lipinski definition) is 2. The Hall–Kier alpha value is -1.87. The van der Waals surface area contributed by atoms with Crippen LogP contribution in [0.2, 0.25) is 0 Å². The summed E-state index contributed by atoms with van der Waals surface area (Å²) in [6, 6.07) is 13.8. The molecule has 1 unspecified atom stereocenters. The molecule has 2 N–H and O–H groups in total. The third-order valence-electron chi connectivity index (χ3n) is 2.93. The van der Waals surface area contributed by atoms with Gasteiger partial charge in [0.05, 0.1) is 12.6 Å². The van der Waals surface area contributed by atoms with Gasteiger partial charge in [0.1, 0.15) is 5.82 Å². The van der Waals surface area contributed by atoms with Crippen molar-refractivity contribution in [2.75, 3.05) is 11.9 Å². The highest BCUT2D eigenvalue weighted by molar-refractivity contribution is 5.52. The molecule has 1 atom stereocenters. The van der Waals surface area contributed by atoms with E-state index in [0.29, 0.717) is 0 Å². The lowest BCUT2D eigenvalue weighted by Crippen LogP contribution is -2.15. The summed E-state index contributed by atoms with van der Waals surface area (Å²) in [4.78, 5) is 0. The van der Waals surface area contributed by atoms with E-state index in [9.17, 15) is 9.50 Å². The molecule has 0 heterocycles. The number of benzene rings is 2. The van der Waals surface area contributed by atoms with Crippen LogP contribution in [0.5, 0.6) is 0 Å². The first kappa shape index (κ1) is 12.6. The molecule has 0 saturated heterocycles. The monoisotopic (exact) mass is 245 g/mol. The van der Waals surface area contributed by atoms with Crippen LogP contribution >= 0.6 is 0 Å². The van der Waals surface area contributed by atoms with Crippen molar-refractivity contribution in [3.8, 4) is 0 Å². The SMILES string of the molecule is Cc1ccccc1NC(CO)c1ccc(F)cc1. The Morgan fingerprint density at radius 1 is 1.11 bits per heavy atom. The Balaban J connectivity index is 2.20. The minimum Gasteiger partial charge on any atom is -0.394 e. The molecule has 0 aromatic heterocycles. The van der Waals surface area contributed by atoms with E-state index >= 15 is 0 Å². The first-order valence-corrected chi connectivity index (χ1v) is 5.89. The highest BCUT2D eigenvalue weighted by atomic mass is 19.1. The summed E-state index contributed by atoms with van der Waals surface area (Å²) in [6.45, 7) is 1.96. The van der Waals surface area contributed by atoms with Gasteiger partial charge in [-0.05, 0) is 36.2 Å². The summed E-state index contributed by atoms with van der Waals surface area (Å²) in [5, 5.41) is 12.7. The molecule has 0 aliphatic rings. The number of aryl methyl sites for hydroxylation is 1. The summed E-state index contributed by atoms with van der Waals surface area (Å²) in [7, 11) is 0. The van der Waals surface area contributed by atoms with Gasteiger partial charge in [-0.3, -0.25) is 0 Å². The second kappa shape index (κ2) is 5.65. The molecule has 0 bridgehead atoms. The van der Waals surface area contributed by atoms with Crippen LogP contribution in [-0.4, -0.2) is 11.7 Å². The zero-order valence-corrected chi connectivity index (χ0v) is 10.2. The maximum Gasteiger partial charge on any atom is 0.123 e. The summed E-state index contributed by atoms with van der Waals surface area (Å²) in [6.07, 6.45) is 0. The topological polar surface area (TPSA) is 32.3 Å². The molecular weight excluding hydrogens is 229 g/mol. The first-order valence-electron chi connectivity index (χ1n) is 5.89. The quantitative estimate of drug-likeness (QED) is 0.866. The number of halogens is 1. The van der Waals surface area contributed by atoms with Gasteiger partial charge >= 0.3 is 0 Å². The second-order valence-electron chi connectivity index (χ2n) is 4.25. The maximum atomic E-state index is 12.9. The van der Waals surface area contributed by atoms with E-state index in [1.54, 1.807) is 12.1 Å². The van der Waals surface area contributed by atoms with Crippen molar-refractivity contribution in [3.63, 3.8) is 0 Å². The van der Waals surface area contributed by atoms with E-state index in [1.807, 2.05) is 31.2 Å². The van der Waals surface area contributed by atoms with Crippen LogP contribution < -0.4 is 5.32 Å². The van der Waals surface area contributed by atoms with Crippen LogP contribution in [0.3, 0.4) is 0 Å². The van der Waals surface area contributed by atoms with Gasteiger partial charge in [-0.25, -0.2) is 4.39 Å². The Morgan fingerprint density at radius 3 is 2.39 bits per heavy atom. The first-order chi connectivity index (χ1) is 8.70. The molecule has 2 nitrogen and oxygen atoms in total. The number of aliphatic hydroxyl groups is 1. The van der Waals surface area contributed by atoms with Gasteiger partial charge in [0.15, 0.2) is 0 Å². The summed E-state index contributed by atoms with van der Waals surface area (Å²) < 4.78 is 12.9. The van der Waals surface area contributed by atoms with E-state index in [4.69, 9.17) is 0 Å². The number of hydrogen-bond donors (Lipinski definition) is 2. The smallest absolute Gasteiger partial charge is 0.123 e. The highest BCUT2D eigenvalue weighted by Crippen LogP contribution is 2.22. The molecule has 0 radical (unpaired) electrons. The molecule has 0 aliphatic carbocycles. The summed E-state index contributed by atoms with van der Waals surface area (Å²) in [5.41, 5.74) is 2.95. The van der Waals surface area contributed by atoms with E-state index in [1.165, 1.54) is 12.1 Å². The normalized spacial score (nSPS) is 12.2. The number of para-hydroxylation sites is 1. The molecule has 2 rings (SSSR count). The van der Waals surface area contributed by atoms with Crippen LogP contribution in [0.15, 0.2) is 48.5 Å². The van der Waals surface area contributed by atoms with Crippen LogP contribution in [-0.2, 0) is 0 Å². The standard InChI is InChI=1S/C15H16FNO/c1-11-4-2-3-5-14(11)17-15(10-18)12-6-8-13(16)9-7-12/h2-9,15,17-18H,10H2,1H3. The average Bonchev–Trinajstić information content (AvgIpc) is 2.39. The summed E-state index contributed by atoms with van der Waals surface area (Å²) >= 11 is 0. The third kappa shape index (κ3) is 2.87. The molecule has 2 aromatic carbocycles. The zero-order chi connectivity index (χ0) is 13.0. The molecule has 0 spiro atoms. The lowest BCUT2D eigenvalue weighted by atomic mass is 10.1. The molecule has 3 heteroatoms. The van der Waals surface area contributed by atoms with Gasteiger partial charge in [0.2, 0.25) is 0 Å². The van der Waals surface area contributed by atoms with Gasteiger partial charge in [-0.1, -0.05) is 30.3 Å². The molecule has 0 amide bonds. The van der Waals surface area contributed by atoms with Crippen molar-refractivity contribution in [3.05, 3.63) is 65.5 Å². The van der Waals surface area contributed by atoms with Gasteiger partial charge < -0.3 is 10.4 Å². The fraction of sp³-hybridized carbons (Fsp3) is 0.200. The van der Waals surface area contributed by atoms with Crippen LogP contribution in [0, 0.1) is 12.7 Å². The van der Waals surface area contributed by atoms with Gasteiger partial charge in [0.25, 0.3) is 0 Å². The predicted molar refractivity (Wildman–Crippen MR) is 71.0 cm³/mol. The largest absolute Gasteiger partial charge is 0.394 e. The van der Waals surface area contributed by atoms with E-state index in [2.05, 4.69) is 5.32 Å². The predicted octanol–water partition coefficient (Wildman–Crippen LogP) is 3.28. The van der Waals surface area contributed by atoms with Crippen molar-refractivity contribution in [2.45, 2.75) is 13.0 Å². The fourth-order valence-corrected chi connectivity index (χ4v) is 1.85. The second-order valence-corrected chi connectivity index (χ2v) is 4.25. The van der Waals surface area contributed by atoms with E-state index < -0.39 is 0 Å². The molecule has 18 heavy (non-hydrogen) atoms. The van der Waals surface area contributed by atoms with Crippen LogP contribution in [0.1, 0.15) is 17.2 Å². The number of nitrogens with one attached hydrogen (secondary N) is 1. The minimum atomic E-state index is -0.272. The molecule has 0 aliphatic heterocycles. The third-order valence-corrected chi connectivity index (χ3v) is 2.93. The Bertz CT molecular complexity index is 510. The fourth-order valence-electron chi connectivity index (χ4n) is 1.85. The van der Waals surface area contributed by atoms with Crippen molar-refractivity contribution in [1.29, 1.82) is 0 Å². The number of rotatable bonds is 4. The average molecular weight is 245 g/mol. The maximum absolute atomic E-state index is 12.9. The molecule has 0 saturated carbocycles. The zero-order valence-electron chi connectivity index (χ0n) is 10.2. The van der Waals surface area contributed by atoms with Crippen LogP contribution in [0.4, 0.5) is 10.1 Å². The number of anilines is 1. The lowest BCUT2D eigenvalue weighted by Gasteiger charge is -2.19. The molecule has 0 fully saturated rings. The van der Waals surface area contributed by atoms with Crippen molar-refractivity contribution < 1.29 is 9.50 Å². The highest BCUT2D eigenvalue weighted by Gasteiger charge is 2.10. The van der Waals surface area contributed by atoms with E-state index in [0.717, 1.165) is 16.8 Å². The Labute approximate surface area is 106 Å². The van der Waals surface area contributed by atoms with Crippen molar-refractivity contribution in [2.24, 2.45) is 0 Å². The number of aliphatic hydroxyl groups excluding tert-OH is 1. The van der Waals surface area contributed by atoms with Crippen LogP contribution in [0.25, 0.3) is 0 Å². The summed E-state index contributed by atoms with van der Waals surface area (Å²) in [5.74, 6) is -0.272. The minimum absolute atomic E-state index is 0.0417. The van der Waals surface area contributed by atoms with Crippen molar-refractivity contribution >= 4 is 5.69 Å². The van der Waals surface area contributed by atoms with E-state index in [-0.39, 0.29) is 18.5 Å². The molecule has 2 aromatic rings. The lowest BCUT2D eigenvalue weighted by molar-refractivity contribution is 0.276. The molecular formula is C15H16FNO. The Kier molecular flexibility index (Phi) is 3.95. The Morgan fingerprint density at radius 2 is 1.78 bits per heavy atom. The van der Waals surface area contributed by atoms with Crippen molar-refractivity contribution in [1.82, 2.24) is 0 Å². The van der Waals surface area contributed by atoms with Gasteiger partial charge in [0, 0.05) is 5.69 Å². The van der Waals surface area contributed by atoms with Gasteiger partial charge in [-0.2, -0.15) is 0 Å². The molecule has 94 valence electrons.